The van der Waals surface area contributed by atoms with E-state index in [1.54, 1.807) is 13.3 Å². The first-order valence-electron chi connectivity index (χ1n) is 6.51. The molecule has 1 saturated carbocycles. The molecule has 1 heterocycles. The molecule has 94 valence electrons. The van der Waals surface area contributed by atoms with Crippen LogP contribution in [0.15, 0.2) is 18.3 Å². The molecule has 1 aromatic rings. The number of pyridine rings is 1. The Labute approximate surface area is 104 Å². The van der Waals surface area contributed by atoms with Crippen molar-refractivity contribution in [2.24, 2.45) is 5.92 Å². The molecule has 1 aromatic heterocycles. The van der Waals surface area contributed by atoms with Crippen molar-refractivity contribution in [2.75, 3.05) is 7.11 Å². The van der Waals surface area contributed by atoms with E-state index in [-0.39, 0.29) is 0 Å². The lowest BCUT2D eigenvalue weighted by atomic mass is 9.87. The minimum atomic E-state index is 0.656. The molecule has 1 N–H and O–H groups in total. The molecule has 1 aliphatic carbocycles. The highest BCUT2D eigenvalue weighted by Gasteiger charge is 2.18. The number of rotatable bonds is 4. The predicted octanol–water partition coefficient (Wildman–Crippen LogP) is 2.76. The maximum atomic E-state index is 5.26. The molecule has 2 unspecified atom stereocenters. The van der Waals surface area contributed by atoms with Crippen molar-refractivity contribution in [3.8, 4) is 5.88 Å². The molecule has 0 saturated heterocycles. The molecule has 3 nitrogen and oxygen atoms in total. The number of ether oxygens (including phenoxy) is 1. The van der Waals surface area contributed by atoms with Crippen molar-refractivity contribution in [2.45, 2.75) is 45.2 Å². The van der Waals surface area contributed by atoms with Crippen LogP contribution in [0, 0.1) is 5.92 Å². The summed E-state index contributed by atoms with van der Waals surface area (Å²) < 4.78 is 5.26. The second kappa shape index (κ2) is 6.01. The fourth-order valence-electron chi connectivity index (χ4n) is 2.62. The van der Waals surface area contributed by atoms with E-state index in [4.69, 9.17) is 4.74 Å². The lowest BCUT2D eigenvalue weighted by molar-refractivity contribution is 0.298. The van der Waals surface area contributed by atoms with Crippen molar-refractivity contribution in [3.63, 3.8) is 0 Å². The molecular weight excluding hydrogens is 212 g/mol. The quantitative estimate of drug-likeness (QED) is 0.870. The number of nitrogens with one attached hydrogen (secondary N) is 1. The molecule has 3 heteroatoms. The third-order valence-electron chi connectivity index (χ3n) is 3.56. The Morgan fingerprint density at radius 3 is 3.12 bits per heavy atom. The normalized spacial score (nSPS) is 24.6. The minimum absolute atomic E-state index is 0.656. The molecule has 1 fully saturated rings. The maximum Gasteiger partial charge on any atom is 0.217 e. The summed E-state index contributed by atoms with van der Waals surface area (Å²) >= 11 is 0. The van der Waals surface area contributed by atoms with Gasteiger partial charge in [0.2, 0.25) is 5.88 Å². The van der Waals surface area contributed by atoms with Crippen LogP contribution in [0.1, 0.15) is 38.2 Å². The van der Waals surface area contributed by atoms with Gasteiger partial charge in [-0.15, -0.1) is 0 Å². The second-order valence-corrected chi connectivity index (χ2v) is 5.02. The third-order valence-corrected chi connectivity index (χ3v) is 3.56. The van der Waals surface area contributed by atoms with Crippen molar-refractivity contribution in [3.05, 3.63) is 23.9 Å². The highest BCUT2D eigenvalue weighted by atomic mass is 16.5. The second-order valence-electron chi connectivity index (χ2n) is 5.02. The van der Waals surface area contributed by atoms with E-state index >= 15 is 0 Å². The van der Waals surface area contributed by atoms with Crippen LogP contribution in [0.3, 0.4) is 0 Å². The molecule has 1 aliphatic rings. The zero-order valence-corrected chi connectivity index (χ0v) is 10.8. The molecule has 0 aliphatic heterocycles. The highest BCUT2D eigenvalue weighted by Crippen LogP contribution is 2.24. The fourth-order valence-corrected chi connectivity index (χ4v) is 2.62. The summed E-state index contributed by atoms with van der Waals surface area (Å²) in [5.41, 5.74) is 1.15. The van der Waals surface area contributed by atoms with E-state index in [1.165, 1.54) is 25.7 Å². The van der Waals surface area contributed by atoms with Gasteiger partial charge >= 0.3 is 0 Å². The van der Waals surface area contributed by atoms with Gasteiger partial charge in [-0.3, -0.25) is 0 Å². The molecule has 0 bridgehead atoms. The van der Waals surface area contributed by atoms with Crippen LogP contribution in [0.5, 0.6) is 5.88 Å². The highest BCUT2D eigenvalue weighted by molar-refractivity contribution is 5.25. The summed E-state index contributed by atoms with van der Waals surface area (Å²) in [7, 11) is 1.68. The van der Waals surface area contributed by atoms with E-state index < -0.39 is 0 Å². The molecule has 17 heavy (non-hydrogen) atoms. The van der Waals surface area contributed by atoms with Gasteiger partial charge in [0.05, 0.1) is 7.11 Å². The van der Waals surface area contributed by atoms with Gasteiger partial charge in [-0.2, -0.15) is 0 Å². The van der Waals surface area contributed by atoms with Gasteiger partial charge in [0, 0.05) is 24.3 Å². The van der Waals surface area contributed by atoms with Gasteiger partial charge in [-0.05, 0) is 24.8 Å². The lowest BCUT2D eigenvalue weighted by Crippen LogP contribution is -2.33. The summed E-state index contributed by atoms with van der Waals surface area (Å²) in [6, 6.07) is 4.69. The molecule has 0 radical (unpaired) electrons. The van der Waals surface area contributed by atoms with Crippen molar-refractivity contribution in [1.82, 2.24) is 10.3 Å². The van der Waals surface area contributed by atoms with Crippen molar-refractivity contribution < 1.29 is 4.74 Å². The lowest BCUT2D eigenvalue weighted by Gasteiger charge is -2.27. The van der Waals surface area contributed by atoms with Gasteiger partial charge in [0.1, 0.15) is 0 Å². The summed E-state index contributed by atoms with van der Waals surface area (Å²) in [4.78, 5) is 4.21. The summed E-state index contributed by atoms with van der Waals surface area (Å²) in [5, 5.41) is 3.62. The van der Waals surface area contributed by atoms with E-state index in [1.807, 2.05) is 6.07 Å². The van der Waals surface area contributed by atoms with Crippen molar-refractivity contribution >= 4 is 0 Å². The Kier molecular flexibility index (Phi) is 4.37. The van der Waals surface area contributed by atoms with Crippen LogP contribution in [0.4, 0.5) is 0 Å². The van der Waals surface area contributed by atoms with Crippen molar-refractivity contribution in [1.29, 1.82) is 0 Å². The van der Waals surface area contributed by atoms with Gasteiger partial charge in [0.25, 0.3) is 0 Å². The molecule has 2 rings (SSSR count). The molecule has 2 atom stereocenters. The predicted molar refractivity (Wildman–Crippen MR) is 69.0 cm³/mol. The number of nitrogens with zero attached hydrogens (tertiary/aromatic N) is 1. The van der Waals surface area contributed by atoms with E-state index in [9.17, 15) is 0 Å². The Morgan fingerprint density at radius 2 is 2.35 bits per heavy atom. The van der Waals surface area contributed by atoms with Crippen LogP contribution >= 0.6 is 0 Å². The summed E-state index contributed by atoms with van der Waals surface area (Å²) in [6.07, 6.45) is 7.10. The molecule has 0 aromatic carbocycles. The first-order valence-corrected chi connectivity index (χ1v) is 6.51. The Hall–Kier alpha value is -1.09. The fraction of sp³-hybridized carbons (Fsp3) is 0.643. The van der Waals surface area contributed by atoms with Crippen LogP contribution in [-0.4, -0.2) is 18.1 Å². The summed E-state index contributed by atoms with van der Waals surface area (Å²) in [6.45, 7) is 3.20. The third kappa shape index (κ3) is 3.43. The van der Waals surface area contributed by atoms with Gasteiger partial charge < -0.3 is 10.1 Å². The average molecular weight is 234 g/mol. The standard InChI is InChI=1S/C14H22N2O/c1-11-5-3-7-13(9-11)16-10-12-6-4-8-15-14(12)17-2/h4,6,8,11,13,16H,3,5,7,9-10H2,1-2H3. The zero-order chi connectivity index (χ0) is 12.1. The average Bonchev–Trinajstić information content (AvgIpc) is 2.37. The molecule has 0 spiro atoms. The smallest absolute Gasteiger partial charge is 0.217 e. The maximum absolute atomic E-state index is 5.26. The topological polar surface area (TPSA) is 34.1 Å². The SMILES string of the molecule is COc1ncccc1CNC1CCCC(C)C1. The Balaban J connectivity index is 1.88. The van der Waals surface area contributed by atoms with E-state index in [2.05, 4.69) is 23.3 Å². The monoisotopic (exact) mass is 234 g/mol. The minimum Gasteiger partial charge on any atom is -0.481 e. The number of aromatic nitrogens is 1. The summed E-state index contributed by atoms with van der Waals surface area (Å²) in [5.74, 6) is 1.60. The van der Waals surface area contributed by atoms with E-state index in [0.29, 0.717) is 6.04 Å². The van der Waals surface area contributed by atoms with Gasteiger partial charge in [-0.25, -0.2) is 4.98 Å². The largest absolute Gasteiger partial charge is 0.481 e. The van der Waals surface area contributed by atoms with Crippen LogP contribution in [-0.2, 0) is 6.54 Å². The van der Waals surface area contributed by atoms with Gasteiger partial charge in [-0.1, -0.05) is 25.8 Å². The van der Waals surface area contributed by atoms with Gasteiger partial charge in [0.15, 0.2) is 0 Å². The number of hydrogen-bond acceptors (Lipinski definition) is 3. The Morgan fingerprint density at radius 1 is 1.47 bits per heavy atom. The Bertz CT molecular complexity index is 354. The number of hydrogen-bond donors (Lipinski definition) is 1. The first-order chi connectivity index (χ1) is 8.29. The molecular formula is C14H22N2O. The first kappa shape index (κ1) is 12.4. The van der Waals surface area contributed by atoms with Crippen LogP contribution in [0.25, 0.3) is 0 Å². The van der Waals surface area contributed by atoms with Crippen LogP contribution < -0.4 is 10.1 Å². The number of methoxy groups -OCH3 is 1. The van der Waals surface area contributed by atoms with E-state index in [0.717, 1.165) is 23.9 Å². The molecule has 0 amide bonds. The van der Waals surface area contributed by atoms with Crippen LogP contribution in [0.2, 0.25) is 0 Å². The zero-order valence-electron chi connectivity index (χ0n) is 10.8.